The van der Waals surface area contributed by atoms with Crippen LogP contribution in [-0.4, -0.2) is 7.11 Å². The molecule has 0 unspecified atom stereocenters. The van der Waals surface area contributed by atoms with Gasteiger partial charge in [-0.3, -0.25) is 0 Å². The average molecular weight is 242 g/mol. The summed E-state index contributed by atoms with van der Waals surface area (Å²) in [6.45, 7) is 4.03. The molecule has 2 aromatic rings. The zero-order valence-corrected chi connectivity index (χ0v) is 10.9. The van der Waals surface area contributed by atoms with Crippen molar-refractivity contribution in [3.05, 3.63) is 41.5 Å². The number of hydrogen-bond acceptors (Lipinski definition) is 3. The maximum Gasteiger partial charge on any atom is 0.142 e. The van der Waals surface area contributed by atoms with Crippen LogP contribution in [0.15, 0.2) is 30.3 Å². The fourth-order valence-corrected chi connectivity index (χ4v) is 2.03. The fraction of sp³-hybridized carbons (Fsp3) is 0.200. The van der Waals surface area contributed by atoms with Gasteiger partial charge in [0.15, 0.2) is 0 Å². The first-order valence-corrected chi connectivity index (χ1v) is 5.83. The van der Waals surface area contributed by atoms with Gasteiger partial charge in [0.1, 0.15) is 5.75 Å². The largest absolute Gasteiger partial charge is 0.495 e. The maximum atomic E-state index is 5.96. The van der Waals surface area contributed by atoms with Crippen LogP contribution in [0.4, 0.5) is 11.4 Å². The van der Waals surface area contributed by atoms with Gasteiger partial charge in [-0.05, 0) is 60.4 Å². The molecule has 0 heterocycles. The van der Waals surface area contributed by atoms with Gasteiger partial charge in [0.05, 0.1) is 12.8 Å². The Kier molecular flexibility index (Phi) is 3.15. The van der Waals surface area contributed by atoms with E-state index in [1.54, 1.807) is 7.11 Å². The number of aryl methyl sites for hydroxylation is 2. The molecule has 0 aliphatic rings. The zero-order valence-electron chi connectivity index (χ0n) is 10.9. The van der Waals surface area contributed by atoms with E-state index < -0.39 is 0 Å². The number of ether oxygens (including phenoxy) is 1. The van der Waals surface area contributed by atoms with Gasteiger partial charge in [0.25, 0.3) is 0 Å². The first-order chi connectivity index (χ1) is 8.52. The minimum absolute atomic E-state index is 0.644. The van der Waals surface area contributed by atoms with Gasteiger partial charge in [-0.15, -0.1) is 0 Å². The molecule has 0 aliphatic carbocycles. The van der Waals surface area contributed by atoms with Crippen LogP contribution in [0.3, 0.4) is 0 Å². The molecule has 0 saturated carbocycles. The summed E-state index contributed by atoms with van der Waals surface area (Å²) in [6, 6.07) is 9.94. The highest BCUT2D eigenvalue weighted by molar-refractivity contribution is 5.73. The van der Waals surface area contributed by atoms with Crippen LogP contribution in [0.25, 0.3) is 11.1 Å². The number of benzene rings is 2. The van der Waals surface area contributed by atoms with Crippen molar-refractivity contribution < 1.29 is 4.74 Å². The molecule has 0 fully saturated rings. The number of anilines is 2. The second-order valence-corrected chi connectivity index (χ2v) is 4.48. The van der Waals surface area contributed by atoms with Crippen LogP contribution in [0.1, 0.15) is 11.1 Å². The molecule has 0 bridgehead atoms. The Labute approximate surface area is 107 Å². The van der Waals surface area contributed by atoms with Crippen molar-refractivity contribution in [2.24, 2.45) is 0 Å². The van der Waals surface area contributed by atoms with Gasteiger partial charge in [0.2, 0.25) is 0 Å². The quantitative estimate of drug-likeness (QED) is 0.795. The van der Waals surface area contributed by atoms with Crippen molar-refractivity contribution in [2.75, 3.05) is 18.6 Å². The van der Waals surface area contributed by atoms with Crippen molar-refractivity contribution in [3.8, 4) is 16.9 Å². The SMILES string of the molecule is COc1cc(-c2cc(C)c(N)c(C)c2)ccc1N. The lowest BCUT2D eigenvalue weighted by molar-refractivity contribution is 0.417. The summed E-state index contributed by atoms with van der Waals surface area (Å²) in [5.41, 5.74) is 17.6. The van der Waals surface area contributed by atoms with Gasteiger partial charge in [-0.2, -0.15) is 0 Å². The Morgan fingerprint density at radius 1 is 0.889 bits per heavy atom. The average Bonchev–Trinajstić information content (AvgIpc) is 2.36. The smallest absolute Gasteiger partial charge is 0.142 e. The highest BCUT2D eigenvalue weighted by Gasteiger charge is 2.06. The molecular formula is C15H18N2O. The number of nitrogens with two attached hydrogens (primary N) is 2. The van der Waals surface area contributed by atoms with E-state index in [1.165, 1.54) is 0 Å². The Morgan fingerprint density at radius 3 is 2.06 bits per heavy atom. The van der Waals surface area contributed by atoms with E-state index in [2.05, 4.69) is 12.1 Å². The number of methoxy groups -OCH3 is 1. The minimum atomic E-state index is 0.644. The molecule has 3 heteroatoms. The van der Waals surface area contributed by atoms with Crippen LogP contribution in [-0.2, 0) is 0 Å². The lowest BCUT2D eigenvalue weighted by Crippen LogP contribution is -1.95. The van der Waals surface area contributed by atoms with Gasteiger partial charge >= 0.3 is 0 Å². The second-order valence-electron chi connectivity index (χ2n) is 4.48. The summed E-state index contributed by atoms with van der Waals surface area (Å²) >= 11 is 0. The van der Waals surface area contributed by atoms with Crippen LogP contribution in [0.5, 0.6) is 5.75 Å². The van der Waals surface area contributed by atoms with Gasteiger partial charge in [-0.25, -0.2) is 0 Å². The van der Waals surface area contributed by atoms with E-state index >= 15 is 0 Å². The topological polar surface area (TPSA) is 61.3 Å². The van der Waals surface area contributed by atoms with Crippen LogP contribution in [0, 0.1) is 13.8 Å². The predicted molar refractivity (Wildman–Crippen MR) is 76.7 cm³/mol. The Bertz CT molecular complexity index is 568. The van der Waals surface area contributed by atoms with E-state index in [-0.39, 0.29) is 0 Å². The lowest BCUT2D eigenvalue weighted by atomic mass is 9.98. The van der Waals surface area contributed by atoms with Crippen molar-refractivity contribution in [2.45, 2.75) is 13.8 Å². The Morgan fingerprint density at radius 2 is 1.50 bits per heavy atom. The number of rotatable bonds is 2. The summed E-state index contributed by atoms with van der Waals surface area (Å²) in [5.74, 6) is 0.694. The summed E-state index contributed by atoms with van der Waals surface area (Å²) in [6.07, 6.45) is 0. The van der Waals surface area contributed by atoms with Crippen LogP contribution in [0.2, 0.25) is 0 Å². The molecule has 0 aliphatic heterocycles. The fourth-order valence-electron chi connectivity index (χ4n) is 2.03. The molecule has 2 aromatic carbocycles. The summed E-state index contributed by atoms with van der Waals surface area (Å²) in [5, 5.41) is 0. The normalized spacial score (nSPS) is 10.4. The van der Waals surface area contributed by atoms with E-state index in [9.17, 15) is 0 Å². The van der Waals surface area contributed by atoms with Crippen molar-refractivity contribution in [1.82, 2.24) is 0 Å². The highest BCUT2D eigenvalue weighted by Crippen LogP contribution is 2.31. The van der Waals surface area contributed by atoms with Crippen molar-refractivity contribution >= 4 is 11.4 Å². The molecule has 0 amide bonds. The van der Waals surface area contributed by atoms with E-state index in [1.807, 2.05) is 32.0 Å². The first-order valence-electron chi connectivity index (χ1n) is 5.83. The summed E-state index contributed by atoms with van der Waals surface area (Å²) < 4.78 is 5.24. The molecule has 0 saturated heterocycles. The Balaban J connectivity index is 2.55. The molecule has 0 aromatic heterocycles. The third-order valence-corrected chi connectivity index (χ3v) is 3.16. The minimum Gasteiger partial charge on any atom is -0.495 e. The monoisotopic (exact) mass is 242 g/mol. The molecule has 0 radical (unpaired) electrons. The van der Waals surface area contributed by atoms with E-state index in [4.69, 9.17) is 16.2 Å². The van der Waals surface area contributed by atoms with Crippen molar-refractivity contribution in [1.29, 1.82) is 0 Å². The molecule has 2 rings (SSSR count). The molecule has 0 spiro atoms. The first kappa shape index (κ1) is 12.3. The zero-order chi connectivity index (χ0) is 13.3. The van der Waals surface area contributed by atoms with Crippen molar-refractivity contribution in [3.63, 3.8) is 0 Å². The predicted octanol–water partition coefficient (Wildman–Crippen LogP) is 3.14. The number of hydrogen-bond donors (Lipinski definition) is 2. The molecule has 3 nitrogen and oxygen atoms in total. The third kappa shape index (κ3) is 2.12. The molecule has 18 heavy (non-hydrogen) atoms. The maximum absolute atomic E-state index is 5.96. The van der Waals surface area contributed by atoms with Gasteiger partial charge in [0, 0.05) is 5.69 Å². The Hall–Kier alpha value is -2.16. The highest BCUT2D eigenvalue weighted by atomic mass is 16.5. The molecule has 0 atom stereocenters. The number of nitrogen functional groups attached to an aromatic ring is 2. The summed E-state index contributed by atoms with van der Waals surface area (Å²) in [7, 11) is 1.62. The van der Waals surface area contributed by atoms with Crippen LogP contribution >= 0.6 is 0 Å². The van der Waals surface area contributed by atoms with E-state index in [0.717, 1.165) is 27.9 Å². The van der Waals surface area contributed by atoms with Gasteiger partial charge < -0.3 is 16.2 Å². The second kappa shape index (κ2) is 4.61. The van der Waals surface area contributed by atoms with E-state index in [0.29, 0.717) is 11.4 Å². The third-order valence-electron chi connectivity index (χ3n) is 3.16. The van der Waals surface area contributed by atoms with Crippen LogP contribution < -0.4 is 16.2 Å². The molecule has 94 valence electrons. The lowest BCUT2D eigenvalue weighted by Gasteiger charge is -2.11. The standard InChI is InChI=1S/C15H18N2O/c1-9-6-12(7-10(2)15(9)17)11-4-5-13(16)14(8-11)18-3/h4-8H,16-17H2,1-3H3. The summed E-state index contributed by atoms with van der Waals surface area (Å²) in [4.78, 5) is 0. The van der Waals surface area contributed by atoms with Gasteiger partial charge in [-0.1, -0.05) is 6.07 Å². The molecular weight excluding hydrogens is 224 g/mol. The molecule has 4 N–H and O–H groups in total.